The van der Waals surface area contributed by atoms with Gasteiger partial charge in [0.15, 0.2) is 5.58 Å². The summed E-state index contributed by atoms with van der Waals surface area (Å²) in [5.41, 5.74) is 3.69. The van der Waals surface area contributed by atoms with E-state index < -0.39 is 0 Å². The number of nitrogens with zero attached hydrogens (tertiary/aromatic N) is 3. The van der Waals surface area contributed by atoms with Crippen LogP contribution in [-0.4, -0.2) is 29.0 Å². The Balaban J connectivity index is 1.26. The zero-order valence-electron chi connectivity index (χ0n) is 16.5. The lowest BCUT2D eigenvalue weighted by atomic mass is 10.1. The molecule has 3 heterocycles. The molecule has 150 valence electrons. The van der Waals surface area contributed by atoms with Gasteiger partial charge in [0.1, 0.15) is 11.3 Å². The molecule has 1 aliphatic rings. The highest BCUT2D eigenvalue weighted by Gasteiger charge is 2.14. The molecule has 4 aromatic rings. The fourth-order valence-electron chi connectivity index (χ4n) is 3.73. The normalized spacial score (nSPS) is 14.1. The molecule has 6 nitrogen and oxygen atoms in total. The fourth-order valence-corrected chi connectivity index (χ4v) is 3.73. The van der Waals surface area contributed by atoms with Crippen molar-refractivity contribution in [2.24, 2.45) is 0 Å². The van der Waals surface area contributed by atoms with E-state index in [1.165, 1.54) is 19.3 Å². The molecule has 0 saturated carbocycles. The van der Waals surface area contributed by atoms with Crippen LogP contribution in [0.3, 0.4) is 0 Å². The van der Waals surface area contributed by atoms with Crippen molar-refractivity contribution in [3.05, 3.63) is 72.4 Å². The number of benzene rings is 2. The number of amides is 1. The molecule has 0 radical (unpaired) electrons. The Morgan fingerprint density at radius 2 is 1.73 bits per heavy atom. The molecule has 1 amide bonds. The van der Waals surface area contributed by atoms with Gasteiger partial charge in [-0.1, -0.05) is 12.1 Å². The number of aromatic nitrogens is 2. The molecule has 0 atom stereocenters. The molecular weight excluding hydrogens is 376 g/mol. The number of fused-ring (bicyclic) bond motifs is 1. The van der Waals surface area contributed by atoms with Crippen molar-refractivity contribution in [3.8, 4) is 11.5 Å². The second-order valence-electron chi connectivity index (χ2n) is 7.47. The van der Waals surface area contributed by atoms with Gasteiger partial charge < -0.3 is 14.6 Å². The minimum atomic E-state index is -0.178. The molecule has 0 unspecified atom stereocenters. The van der Waals surface area contributed by atoms with Gasteiger partial charge >= 0.3 is 0 Å². The molecule has 2 aromatic carbocycles. The van der Waals surface area contributed by atoms with Crippen LogP contribution in [0.15, 0.2) is 71.3 Å². The zero-order valence-corrected chi connectivity index (χ0v) is 16.5. The standard InChI is InChI=1S/C24H22N4O2/c29-23(18-10-13-22(25-16-18)28-14-4-1-5-15-28)26-19-11-8-17(9-12-19)24-27-20-6-2-3-7-21(20)30-24/h2-3,6-13,16H,1,4-5,14-15H2,(H,26,29). The summed E-state index contributed by atoms with van der Waals surface area (Å²) in [4.78, 5) is 23.8. The van der Waals surface area contributed by atoms with Crippen LogP contribution >= 0.6 is 0 Å². The molecule has 1 N–H and O–H groups in total. The van der Waals surface area contributed by atoms with E-state index in [1.54, 1.807) is 6.20 Å². The number of nitrogens with one attached hydrogen (secondary N) is 1. The van der Waals surface area contributed by atoms with E-state index in [9.17, 15) is 4.79 Å². The molecule has 1 aliphatic heterocycles. The van der Waals surface area contributed by atoms with Crippen LogP contribution in [0.4, 0.5) is 11.5 Å². The van der Waals surface area contributed by atoms with E-state index in [0.29, 0.717) is 17.1 Å². The third-order valence-corrected chi connectivity index (χ3v) is 5.37. The Bertz CT molecular complexity index is 1130. The van der Waals surface area contributed by atoms with Crippen molar-refractivity contribution in [1.29, 1.82) is 0 Å². The second kappa shape index (κ2) is 7.99. The Morgan fingerprint density at radius 3 is 2.47 bits per heavy atom. The van der Waals surface area contributed by atoms with Crippen molar-refractivity contribution < 1.29 is 9.21 Å². The van der Waals surface area contributed by atoms with Crippen molar-refractivity contribution in [1.82, 2.24) is 9.97 Å². The Kier molecular flexibility index (Phi) is 4.89. The number of carbonyl (C=O) groups is 1. The first kappa shape index (κ1) is 18.4. The maximum absolute atomic E-state index is 12.6. The van der Waals surface area contributed by atoms with E-state index >= 15 is 0 Å². The van der Waals surface area contributed by atoms with Crippen LogP contribution in [0.5, 0.6) is 0 Å². The van der Waals surface area contributed by atoms with Gasteiger partial charge in [0.2, 0.25) is 5.89 Å². The number of para-hydroxylation sites is 2. The van der Waals surface area contributed by atoms with Gasteiger partial charge in [0.05, 0.1) is 5.56 Å². The van der Waals surface area contributed by atoms with Crippen LogP contribution in [0.2, 0.25) is 0 Å². The second-order valence-corrected chi connectivity index (χ2v) is 7.47. The van der Waals surface area contributed by atoms with Crippen LogP contribution in [0, 0.1) is 0 Å². The molecule has 5 rings (SSSR count). The highest BCUT2D eigenvalue weighted by Crippen LogP contribution is 2.25. The largest absolute Gasteiger partial charge is 0.436 e. The summed E-state index contributed by atoms with van der Waals surface area (Å²) in [7, 11) is 0. The Hall–Kier alpha value is -3.67. The van der Waals surface area contributed by atoms with E-state index in [2.05, 4.69) is 20.2 Å². The number of hydrogen-bond donors (Lipinski definition) is 1. The monoisotopic (exact) mass is 398 g/mol. The first-order chi connectivity index (χ1) is 14.8. The topological polar surface area (TPSA) is 71.3 Å². The molecule has 0 bridgehead atoms. The lowest BCUT2D eigenvalue weighted by molar-refractivity contribution is 0.102. The maximum atomic E-state index is 12.6. The summed E-state index contributed by atoms with van der Waals surface area (Å²) < 4.78 is 5.79. The molecule has 1 fully saturated rings. The van der Waals surface area contributed by atoms with Gasteiger partial charge in [0, 0.05) is 30.5 Å². The van der Waals surface area contributed by atoms with Gasteiger partial charge in [0.25, 0.3) is 5.91 Å². The predicted molar refractivity (Wildman–Crippen MR) is 118 cm³/mol. The number of piperidine rings is 1. The number of carbonyl (C=O) groups excluding carboxylic acids is 1. The van der Waals surface area contributed by atoms with Crippen LogP contribution in [-0.2, 0) is 0 Å². The summed E-state index contributed by atoms with van der Waals surface area (Å²) in [6.45, 7) is 2.07. The molecule has 1 saturated heterocycles. The quantitative estimate of drug-likeness (QED) is 0.516. The molecule has 2 aromatic heterocycles. The number of oxazole rings is 1. The van der Waals surface area contributed by atoms with Crippen molar-refractivity contribution in [3.63, 3.8) is 0 Å². The third-order valence-electron chi connectivity index (χ3n) is 5.37. The first-order valence-electron chi connectivity index (χ1n) is 10.2. The van der Waals surface area contributed by atoms with Crippen molar-refractivity contribution >= 4 is 28.5 Å². The van der Waals surface area contributed by atoms with Gasteiger partial charge in [-0.05, 0) is 67.8 Å². The summed E-state index contributed by atoms with van der Waals surface area (Å²) in [6.07, 6.45) is 5.32. The van der Waals surface area contributed by atoms with Crippen LogP contribution in [0.25, 0.3) is 22.6 Å². The SMILES string of the molecule is O=C(Nc1ccc(-c2nc3ccccc3o2)cc1)c1ccc(N2CCCCC2)nc1. The average molecular weight is 398 g/mol. The molecular formula is C24H22N4O2. The Labute approximate surface area is 174 Å². The third kappa shape index (κ3) is 3.76. The Morgan fingerprint density at radius 1 is 0.933 bits per heavy atom. The fraction of sp³-hybridized carbons (Fsp3) is 0.208. The summed E-state index contributed by atoms with van der Waals surface area (Å²) in [5, 5.41) is 2.92. The summed E-state index contributed by atoms with van der Waals surface area (Å²) >= 11 is 0. The molecule has 30 heavy (non-hydrogen) atoms. The minimum Gasteiger partial charge on any atom is -0.436 e. The number of pyridine rings is 1. The minimum absolute atomic E-state index is 0.178. The van der Waals surface area contributed by atoms with Gasteiger partial charge in [-0.15, -0.1) is 0 Å². The van der Waals surface area contributed by atoms with E-state index in [0.717, 1.165) is 35.6 Å². The predicted octanol–water partition coefficient (Wildman–Crippen LogP) is 5.13. The van der Waals surface area contributed by atoms with Gasteiger partial charge in [-0.25, -0.2) is 9.97 Å². The first-order valence-corrected chi connectivity index (χ1v) is 10.2. The highest BCUT2D eigenvalue weighted by atomic mass is 16.3. The number of hydrogen-bond acceptors (Lipinski definition) is 5. The lowest BCUT2D eigenvalue weighted by Crippen LogP contribution is -2.30. The van der Waals surface area contributed by atoms with E-state index in [-0.39, 0.29) is 5.91 Å². The number of anilines is 2. The highest BCUT2D eigenvalue weighted by molar-refractivity contribution is 6.04. The lowest BCUT2D eigenvalue weighted by Gasteiger charge is -2.27. The summed E-state index contributed by atoms with van der Waals surface area (Å²) in [6, 6.07) is 18.9. The van der Waals surface area contributed by atoms with Crippen molar-refractivity contribution in [2.45, 2.75) is 19.3 Å². The van der Waals surface area contributed by atoms with Crippen LogP contribution < -0.4 is 10.2 Å². The van der Waals surface area contributed by atoms with E-state index in [4.69, 9.17) is 4.42 Å². The van der Waals surface area contributed by atoms with Crippen LogP contribution in [0.1, 0.15) is 29.6 Å². The van der Waals surface area contributed by atoms with Gasteiger partial charge in [-0.3, -0.25) is 4.79 Å². The van der Waals surface area contributed by atoms with Crippen molar-refractivity contribution in [2.75, 3.05) is 23.3 Å². The number of rotatable bonds is 4. The molecule has 6 heteroatoms. The molecule has 0 aliphatic carbocycles. The maximum Gasteiger partial charge on any atom is 0.257 e. The smallest absolute Gasteiger partial charge is 0.257 e. The molecule has 0 spiro atoms. The van der Waals surface area contributed by atoms with E-state index in [1.807, 2.05) is 60.7 Å². The van der Waals surface area contributed by atoms with Gasteiger partial charge in [-0.2, -0.15) is 0 Å². The average Bonchev–Trinajstić information content (AvgIpc) is 3.25. The zero-order chi connectivity index (χ0) is 20.3. The summed E-state index contributed by atoms with van der Waals surface area (Å²) in [5.74, 6) is 1.32.